The average molecular weight is 358 g/mol. The van der Waals surface area contributed by atoms with E-state index in [2.05, 4.69) is 15.6 Å². The number of imidazole rings is 1. The maximum atomic E-state index is 12.4. The highest BCUT2D eigenvalue weighted by molar-refractivity contribution is 7.71. The summed E-state index contributed by atoms with van der Waals surface area (Å²) in [6.45, 7) is 1.70. The number of nitrogens with zero attached hydrogens (tertiary/aromatic N) is 1. The van der Waals surface area contributed by atoms with Gasteiger partial charge in [-0.25, -0.2) is 0 Å². The second kappa shape index (κ2) is 7.65. The number of aromatic amines is 1. The van der Waals surface area contributed by atoms with Crippen LogP contribution in [0.4, 0.5) is 5.69 Å². The van der Waals surface area contributed by atoms with Crippen molar-refractivity contribution in [1.29, 1.82) is 0 Å². The molecular formula is C18H22N4O2S. The van der Waals surface area contributed by atoms with Gasteiger partial charge in [-0.15, -0.1) is 0 Å². The number of nitrogens with one attached hydrogen (secondary N) is 3. The van der Waals surface area contributed by atoms with Gasteiger partial charge in [-0.05, 0) is 50.2 Å². The van der Waals surface area contributed by atoms with Crippen LogP contribution in [0.15, 0.2) is 36.7 Å². The highest BCUT2D eigenvalue weighted by atomic mass is 32.1. The van der Waals surface area contributed by atoms with E-state index in [1.54, 1.807) is 13.1 Å². The van der Waals surface area contributed by atoms with Crippen molar-refractivity contribution in [1.82, 2.24) is 14.9 Å². The highest BCUT2D eigenvalue weighted by Crippen LogP contribution is 2.24. The minimum Gasteiger partial charge on any atom is -0.344 e. The normalized spacial score (nSPS) is 15.7. The van der Waals surface area contributed by atoms with Gasteiger partial charge in [0.25, 0.3) is 0 Å². The van der Waals surface area contributed by atoms with Crippen LogP contribution in [0.3, 0.4) is 0 Å². The summed E-state index contributed by atoms with van der Waals surface area (Å²) in [6, 6.07) is 6.83. The predicted octanol–water partition coefficient (Wildman–Crippen LogP) is 3.17. The third kappa shape index (κ3) is 4.17. The first-order chi connectivity index (χ1) is 12.0. The van der Waals surface area contributed by atoms with E-state index in [1.165, 1.54) is 0 Å². The fourth-order valence-electron chi connectivity index (χ4n) is 3.09. The Labute approximate surface area is 151 Å². The van der Waals surface area contributed by atoms with Crippen LogP contribution < -0.4 is 10.6 Å². The Hall–Kier alpha value is -2.41. The number of benzene rings is 1. The molecule has 1 aromatic heterocycles. The Morgan fingerprint density at radius 3 is 2.76 bits per heavy atom. The van der Waals surface area contributed by atoms with Crippen molar-refractivity contribution in [2.75, 3.05) is 5.32 Å². The number of aromatic nitrogens is 2. The molecule has 1 aliphatic rings. The Morgan fingerprint density at radius 2 is 2.08 bits per heavy atom. The van der Waals surface area contributed by atoms with Gasteiger partial charge in [0.2, 0.25) is 11.8 Å². The Bertz CT molecular complexity index is 820. The number of hydrogen-bond acceptors (Lipinski definition) is 3. The first kappa shape index (κ1) is 17.4. The lowest BCUT2D eigenvalue weighted by atomic mass is 10.1. The van der Waals surface area contributed by atoms with Crippen molar-refractivity contribution in [2.24, 2.45) is 5.92 Å². The molecule has 0 spiro atoms. The van der Waals surface area contributed by atoms with E-state index in [4.69, 9.17) is 12.2 Å². The first-order valence-electron chi connectivity index (χ1n) is 8.52. The maximum Gasteiger partial charge on any atom is 0.246 e. The van der Waals surface area contributed by atoms with Crippen molar-refractivity contribution < 1.29 is 9.59 Å². The molecule has 1 aliphatic carbocycles. The molecule has 0 saturated heterocycles. The third-order valence-corrected chi connectivity index (χ3v) is 4.83. The molecule has 0 radical (unpaired) electrons. The molecule has 6 nitrogen and oxygen atoms in total. The molecule has 1 atom stereocenters. The van der Waals surface area contributed by atoms with E-state index in [0.29, 0.717) is 10.5 Å². The van der Waals surface area contributed by atoms with E-state index >= 15 is 0 Å². The van der Waals surface area contributed by atoms with E-state index in [-0.39, 0.29) is 17.7 Å². The number of hydrogen-bond donors (Lipinski definition) is 3. The fourth-order valence-corrected chi connectivity index (χ4v) is 3.33. The molecule has 1 aromatic carbocycles. The fraction of sp³-hybridized carbons (Fsp3) is 0.389. The summed E-state index contributed by atoms with van der Waals surface area (Å²) in [4.78, 5) is 27.5. The van der Waals surface area contributed by atoms with Gasteiger partial charge in [0, 0.05) is 29.7 Å². The van der Waals surface area contributed by atoms with E-state index in [1.807, 2.05) is 35.0 Å². The van der Waals surface area contributed by atoms with Crippen molar-refractivity contribution in [3.05, 3.63) is 41.4 Å². The van der Waals surface area contributed by atoms with Gasteiger partial charge >= 0.3 is 0 Å². The molecule has 2 amide bonds. The van der Waals surface area contributed by atoms with Crippen LogP contribution in [-0.2, 0) is 9.59 Å². The van der Waals surface area contributed by atoms with Gasteiger partial charge in [0.1, 0.15) is 6.04 Å². The summed E-state index contributed by atoms with van der Waals surface area (Å²) < 4.78 is 2.40. The van der Waals surface area contributed by atoms with Crippen LogP contribution in [0.5, 0.6) is 0 Å². The minimum atomic E-state index is -0.578. The average Bonchev–Trinajstić information content (AvgIpc) is 3.26. The zero-order valence-electron chi connectivity index (χ0n) is 14.1. The molecule has 1 fully saturated rings. The molecule has 3 rings (SSSR count). The van der Waals surface area contributed by atoms with Crippen LogP contribution in [0.25, 0.3) is 5.69 Å². The molecule has 1 saturated carbocycles. The topological polar surface area (TPSA) is 78.9 Å². The summed E-state index contributed by atoms with van der Waals surface area (Å²) in [7, 11) is 0. The summed E-state index contributed by atoms with van der Waals surface area (Å²) >= 11 is 5.21. The third-order valence-electron chi connectivity index (χ3n) is 4.52. The Morgan fingerprint density at radius 1 is 1.32 bits per heavy atom. The maximum absolute atomic E-state index is 12.4. The van der Waals surface area contributed by atoms with Crippen LogP contribution >= 0.6 is 12.2 Å². The lowest BCUT2D eigenvalue weighted by molar-refractivity contribution is -0.128. The molecule has 0 unspecified atom stereocenters. The van der Waals surface area contributed by atoms with Crippen molar-refractivity contribution >= 4 is 29.7 Å². The summed E-state index contributed by atoms with van der Waals surface area (Å²) in [5.74, 6) is -0.206. The molecule has 0 aliphatic heterocycles. The van der Waals surface area contributed by atoms with Crippen molar-refractivity contribution in [2.45, 2.75) is 38.6 Å². The molecule has 7 heteroatoms. The van der Waals surface area contributed by atoms with Gasteiger partial charge in [0.15, 0.2) is 4.77 Å². The number of H-pyrrole nitrogens is 1. The zero-order chi connectivity index (χ0) is 17.8. The number of carbonyl (C=O) groups is 2. The lowest BCUT2D eigenvalue weighted by Gasteiger charge is -2.17. The molecule has 3 N–H and O–H groups in total. The first-order valence-corrected chi connectivity index (χ1v) is 8.93. The van der Waals surface area contributed by atoms with Crippen molar-refractivity contribution in [3.63, 3.8) is 0 Å². The van der Waals surface area contributed by atoms with Crippen LogP contribution in [0.2, 0.25) is 0 Å². The summed E-state index contributed by atoms with van der Waals surface area (Å²) in [5, 5.41) is 5.66. The van der Waals surface area contributed by atoms with Crippen LogP contribution in [-0.4, -0.2) is 27.4 Å². The van der Waals surface area contributed by atoms with Crippen LogP contribution in [0.1, 0.15) is 32.6 Å². The zero-order valence-corrected chi connectivity index (χ0v) is 14.9. The van der Waals surface area contributed by atoms with Crippen LogP contribution in [0, 0.1) is 10.7 Å². The lowest BCUT2D eigenvalue weighted by Crippen LogP contribution is -2.43. The molecule has 0 bridgehead atoms. The SMILES string of the molecule is C[C@H](NC(=O)C1CCCC1)C(=O)Nc1cccc(-n2cc[nH]c2=S)c1. The molecular weight excluding hydrogens is 336 g/mol. The second-order valence-electron chi connectivity index (χ2n) is 6.39. The highest BCUT2D eigenvalue weighted by Gasteiger charge is 2.25. The number of carbonyl (C=O) groups excluding carboxylic acids is 2. The summed E-state index contributed by atoms with van der Waals surface area (Å²) in [6.07, 6.45) is 7.60. The molecule has 132 valence electrons. The van der Waals surface area contributed by atoms with Gasteiger partial charge in [-0.1, -0.05) is 18.9 Å². The number of amides is 2. The second-order valence-corrected chi connectivity index (χ2v) is 6.77. The van der Waals surface area contributed by atoms with E-state index in [9.17, 15) is 9.59 Å². The monoisotopic (exact) mass is 358 g/mol. The van der Waals surface area contributed by atoms with E-state index < -0.39 is 6.04 Å². The van der Waals surface area contributed by atoms with Gasteiger partial charge in [-0.3, -0.25) is 14.2 Å². The number of anilines is 1. The number of rotatable bonds is 5. The standard InChI is InChI=1S/C18H22N4O2S/c1-12(20-17(24)13-5-2-3-6-13)16(23)21-14-7-4-8-15(11-14)22-10-9-19-18(22)25/h4,7-13H,2-3,5-6H2,1H3,(H,19,25)(H,20,24)(H,21,23)/t12-/m0/s1. The van der Waals surface area contributed by atoms with Gasteiger partial charge in [0.05, 0.1) is 0 Å². The van der Waals surface area contributed by atoms with Crippen molar-refractivity contribution in [3.8, 4) is 5.69 Å². The predicted molar refractivity (Wildman–Crippen MR) is 99.1 cm³/mol. The molecule has 1 heterocycles. The smallest absolute Gasteiger partial charge is 0.246 e. The Kier molecular flexibility index (Phi) is 5.33. The molecule has 2 aromatic rings. The van der Waals surface area contributed by atoms with Gasteiger partial charge < -0.3 is 15.6 Å². The summed E-state index contributed by atoms with van der Waals surface area (Å²) in [5.41, 5.74) is 1.51. The largest absolute Gasteiger partial charge is 0.344 e. The minimum absolute atomic E-state index is 0.0208. The molecule has 25 heavy (non-hydrogen) atoms. The van der Waals surface area contributed by atoms with Gasteiger partial charge in [-0.2, -0.15) is 0 Å². The quantitative estimate of drug-likeness (QED) is 0.718. The van der Waals surface area contributed by atoms with E-state index in [0.717, 1.165) is 31.4 Å². The Balaban J connectivity index is 1.63.